The lowest BCUT2D eigenvalue weighted by Crippen LogP contribution is -2.20. The lowest BCUT2D eigenvalue weighted by Gasteiger charge is -2.19. The Balaban J connectivity index is 3.18. The van der Waals surface area contributed by atoms with Crippen LogP contribution in [0, 0.1) is 10.7 Å². The number of anilines is 2. The first-order chi connectivity index (χ1) is 14.0. The molecule has 30 heavy (non-hydrogen) atoms. The standard InChI is InChI=1S/C17H17I3N2O8/c18-12-11(17(29)30)13(19)16(22-8(24)4-2-6-10(27)28)14(20)15(12)21-7(23)3-1-5-9(25)26/h1-6H2,(H,21,23)(H,22,24)(H,25,26)(H,27,28)(H,29,30). The molecule has 13 heteroatoms. The smallest absolute Gasteiger partial charge is 0.338 e. The van der Waals surface area contributed by atoms with E-state index >= 15 is 0 Å². The Morgan fingerprint density at radius 3 is 1.30 bits per heavy atom. The number of carboxylic acid groups (broad SMARTS) is 3. The molecule has 0 heterocycles. The molecule has 0 fully saturated rings. The first-order valence-electron chi connectivity index (χ1n) is 8.42. The highest BCUT2D eigenvalue weighted by atomic mass is 127. The number of halogens is 3. The van der Waals surface area contributed by atoms with Gasteiger partial charge in [0.2, 0.25) is 11.8 Å². The number of aliphatic carboxylic acids is 2. The molecule has 1 rings (SSSR count). The molecular weight excluding hydrogens is 741 g/mol. The summed E-state index contributed by atoms with van der Waals surface area (Å²) in [5.41, 5.74) is 0.309. The summed E-state index contributed by atoms with van der Waals surface area (Å²) in [5.74, 6) is -4.26. The van der Waals surface area contributed by atoms with E-state index in [1.807, 2.05) is 22.6 Å². The van der Waals surface area contributed by atoms with E-state index in [-0.39, 0.29) is 62.6 Å². The molecular formula is C17H17I3N2O8. The van der Waals surface area contributed by atoms with E-state index in [1.165, 1.54) is 0 Å². The molecule has 0 unspecified atom stereocenters. The Labute approximate surface area is 212 Å². The van der Waals surface area contributed by atoms with Crippen LogP contribution in [-0.2, 0) is 19.2 Å². The SMILES string of the molecule is O=C(O)CCCC(=O)Nc1c(I)c(NC(=O)CCCC(=O)O)c(I)c(C(=O)O)c1I. The molecule has 10 nitrogen and oxygen atoms in total. The normalized spacial score (nSPS) is 10.4. The minimum absolute atomic E-state index is 0.0657. The zero-order valence-corrected chi connectivity index (χ0v) is 21.7. The molecule has 1 aromatic carbocycles. The Morgan fingerprint density at radius 1 is 0.633 bits per heavy atom. The maximum absolute atomic E-state index is 12.2. The molecule has 0 aromatic heterocycles. The number of benzene rings is 1. The van der Waals surface area contributed by atoms with Gasteiger partial charge in [0, 0.05) is 25.7 Å². The molecule has 2 amide bonds. The number of carbonyl (C=O) groups excluding carboxylic acids is 2. The van der Waals surface area contributed by atoms with Crippen LogP contribution in [0.1, 0.15) is 48.9 Å². The van der Waals surface area contributed by atoms with Crippen molar-refractivity contribution in [2.75, 3.05) is 10.6 Å². The molecule has 0 bridgehead atoms. The van der Waals surface area contributed by atoms with E-state index in [2.05, 4.69) is 10.6 Å². The van der Waals surface area contributed by atoms with E-state index in [9.17, 15) is 29.1 Å². The number of aromatic carboxylic acids is 1. The number of carboxylic acids is 3. The predicted molar refractivity (Wildman–Crippen MR) is 132 cm³/mol. The van der Waals surface area contributed by atoms with Crippen LogP contribution >= 0.6 is 67.8 Å². The quantitative estimate of drug-likeness (QED) is 0.214. The van der Waals surface area contributed by atoms with Crippen molar-refractivity contribution in [3.63, 3.8) is 0 Å². The van der Waals surface area contributed by atoms with Crippen LogP contribution in [0.4, 0.5) is 11.4 Å². The van der Waals surface area contributed by atoms with E-state index in [0.29, 0.717) is 3.57 Å². The molecule has 1 aromatic rings. The molecule has 164 valence electrons. The second kappa shape index (κ2) is 12.6. The third-order valence-corrected chi connectivity index (χ3v) is 6.88. The van der Waals surface area contributed by atoms with E-state index < -0.39 is 29.7 Å². The Morgan fingerprint density at radius 2 is 1.00 bits per heavy atom. The van der Waals surface area contributed by atoms with Gasteiger partial charge in [0.1, 0.15) is 0 Å². The average molecular weight is 758 g/mol. The van der Waals surface area contributed by atoms with Crippen LogP contribution in [0.2, 0.25) is 0 Å². The fraction of sp³-hybridized carbons (Fsp3) is 0.353. The van der Waals surface area contributed by atoms with Crippen LogP contribution in [0.5, 0.6) is 0 Å². The molecule has 0 aliphatic rings. The minimum atomic E-state index is -1.25. The number of carbonyl (C=O) groups is 5. The largest absolute Gasteiger partial charge is 0.481 e. The van der Waals surface area contributed by atoms with Crippen LogP contribution < -0.4 is 10.6 Å². The molecule has 0 spiro atoms. The molecule has 0 saturated carbocycles. The summed E-state index contributed by atoms with van der Waals surface area (Å²) >= 11 is 5.46. The van der Waals surface area contributed by atoms with Crippen molar-refractivity contribution < 1.29 is 39.3 Å². The highest BCUT2D eigenvalue weighted by Gasteiger charge is 2.26. The summed E-state index contributed by atoms with van der Waals surface area (Å²) in [7, 11) is 0. The Kier molecular flexibility index (Phi) is 11.2. The third kappa shape index (κ3) is 8.12. The van der Waals surface area contributed by atoms with Crippen molar-refractivity contribution >= 4 is 109 Å². The number of rotatable bonds is 11. The number of hydrogen-bond donors (Lipinski definition) is 5. The number of amides is 2. The topological polar surface area (TPSA) is 170 Å². The van der Waals surface area contributed by atoms with Gasteiger partial charge in [-0.3, -0.25) is 19.2 Å². The van der Waals surface area contributed by atoms with Crippen LogP contribution in [0.3, 0.4) is 0 Å². The van der Waals surface area contributed by atoms with Crippen molar-refractivity contribution in [2.45, 2.75) is 38.5 Å². The zero-order chi connectivity index (χ0) is 23.0. The summed E-state index contributed by atoms with van der Waals surface area (Å²) in [5, 5.41) is 32.1. The Bertz CT molecular complexity index is 827. The van der Waals surface area contributed by atoms with E-state index in [0.717, 1.165) is 0 Å². The highest BCUT2D eigenvalue weighted by molar-refractivity contribution is 14.1. The molecule has 0 aliphatic heterocycles. The number of nitrogens with one attached hydrogen (secondary N) is 2. The molecule has 5 N–H and O–H groups in total. The van der Waals surface area contributed by atoms with Gasteiger partial charge < -0.3 is 26.0 Å². The summed E-state index contributed by atoms with van der Waals surface area (Å²) in [6, 6.07) is 0. The summed E-state index contributed by atoms with van der Waals surface area (Å²) in [6.07, 6.45) is -0.235. The highest BCUT2D eigenvalue weighted by Crippen LogP contribution is 2.39. The molecule has 0 saturated heterocycles. The summed E-state index contributed by atoms with van der Waals surface area (Å²) in [4.78, 5) is 57.3. The van der Waals surface area contributed by atoms with Gasteiger partial charge in [-0.25, -0.2) is 4.79 Å². The van der Waals surface area contributed by atoms with Crippen molar-refractivity contribution in [1.29, 1.82) is 0 Å². The average Bonchev–Trinajstić information content (AvgIpc) is 2.61. The van der Waals surface area contributed by atoms with E-state index in [4.69, 9.17) is 10.2 Å². The predicted octanol–water partition coefficient (Wildman–Crippen LogP) is 3.59. The minimum Gasteiger partial charge on any atom is -0.481 e. The first kappa shape index (κ1) is 26.8. The lowest BCUT2D eigenvalue weighted by molar-refractivity contribution is -0.138. The second-order valence-corrected chi connectivity index (χ2v) is 9.20. The van der Waals surface area contributed by atoms with Crippen molar-refractivity contribution in [3.05, 3.63) is 16.3 Å². The van der Waals surface area contributed by atoms with Gasteiger partial charge in [-0.1, -0.05) is 0 Å². The van der Waals surface area contributed by atoms with Gasteiger partial charge in [0.25, 0.3) is 0 Å². The Hall–Kier alpha value is -1.24. The van der Waals surface area contributed by atoms with E-state index in [1.54, 1.807) is 45.2 Å². The molecule has 0 atom stereocenters. The van der Waals surface area contributed by atoms with Crippen LogP contribution in [0.25, 0.3) is 0 Å². The maximum atomic E-state index is 12.2. The van der Waals surface area contributed by atoms with Gasteiger partial charge in [0.15, 0.2) is 0 Å². The first-order valence-corrected chi connectivity index (χ1v) is 11.7. The third-order valence-electron chi connectivity index (χ3n) is 3.65. The van der Waals surface area contributed by atoms with Gasteiger partial charge in [-0.15, -0.1) is 0 Å². The van der Waals surface area contributed by atoms with Crippen molar-refractivity contribution in [3.8, 4) is 0 Å². The monoisotopic (exact) mass is 758 g/mol. The number of hydrogen-bond acceptors (Lipinski definition) is 5. The fourth-order valence-electron chi connectivity index (χ4n) is 2.28. The zero-order valence-electron chi connectivity index (χ0n) is 15.3. The van der Waals surface area contributed by atoms with Crippen molar-refractivity contribution in [1.82, 2.24) is 0 Å². The van der Waals surface area contributed by atoms with Crippen LogP contribution in [-0.4, -0.2) is 45.0 Å². The summed E-state index contributed by atoms with van der Waals surface area (Å²) in [6.45, 7) is 0. The van der Waals surface area contributed by atoms with Gasteiger partial charge >= 0.3 is 17.9 Å². The van der Waals surface area contributed by atoms with Gasteiger partial charge in [0.05, 0.1) is 27.6 Å². The fourth-order valence-corrected chi connectivity index (χ4v) is 6.44. The second-order valence-electron chi connectivity index (χ2n) is 5.96. The lowest BCUT2D eigenvalue weighted by atomic mass is 10.1. The van der Waals surface area contributed by atoms with Gasteiger partial charge in [-0.05, 0) is 80.6 Å². The van der Waals surface area contributed by atoms with Crippen LogP contribution in [0.15, 0.2) is 0 Å². The molecule has 0 aliphatic carbocycles. The summed E-state index contributed by atoms with van der Waals surface area (Å²) < 4.78 is 0.943. The van der Waals surface area contributed by atoms with Gasteiger partial charge in [-0.2, -0.15) is 0 Å². The molecule has 0 radical (unpaired) electrons. The maximum Gasteiger partial charge on any atom is 0.338 e. The van der Waals surface area contributed by atoms with Crippen molar-refractivity contribution in [2.24, 2.45) is 0 Å².